The van der Waals surface area contributed by atoms with Gasteiger partial charge in [-0.05, 0) is 36.8 Å². The van der Waals surface area contributed by atoms with E-state index in [-0.39, 0.29) is 25.5 Å². The van der Waals surface area contributed by atoms with Gasteiger partial charge in [0.25, 0.3) is 0 Å². The van der Waals surface area contributed by atoms with Gasteiger partial charge >= 0.3 is 5.97 Å². The molecule has 1 aromatic rings. The van der Waals surface area contributed by atoms with Crippen LogP contribution in [0.15, 0.2) is 35.1 Å². The summed E-state index contributed by atoms with van der Waals surface area (Å²) in [6.07, 6.45) is 4.21. The fourth-order valence-corrected chi connectivity index (χ4v) is 3.33. The minimum absolute atomic E-state index is 0.0869. The first-order valence-electron chi connectivity index (χ1n) is 7.82. The van der Waals surface area contributed by atoms with Gasteiger partial charge in [0.1, 0.15) is 6.61 Å². The molecule has 1 aliphatic rings. The van der Waals surface area contributed by atoms with Crippen molar-refractivity contribution >= 4 is 17.9 Å². The number of halogens is 1. The number of hydrogen-bond acceptors (Lipinski definition) is 6. The zero-order valence-electron chi connectivity index (χ0n) is 13.4. The van der Waals surface area contributed by atoms with Crippen molar-refractivity contribution in [3.05, 3.63) is 30.2 Å². The quantitative estimate of drug-likeness (QED) is 0.693. The Labute approximate surface area is 145 Å². The Bertz CT molecular complexity index is 560. The van der Waals surface area contributed by atoms with Crippen molar-refractivity contribution in [2.45, 2.75) is 24.2 Å². The van der Waals surface area contributed by atoms with Gasteiger partial charge in [-0.2, -0.15) is 0 Å². The van der Waals surface area contributed by atoms with Gasteiger partial charge in [0.05, 0.1) is 6.33 Å². The van der Waals surface area contributed by atoms with Crippen LogP contribution in [0.2, 0.25) is 0 Å². The number of nitrogens with two attached hydrogens (primary N) is 1. The van der Waals surface area contributed by atoms with Crippen LogP contribution in [0.1, 0.15) is 19.3 Å². The number of carboxylic acids is 1. The Morgan fingerprint density at radius 3 is 2.79 bits per heavy atom. The molecule has 0 spiro atoms. The number of rotatable bonds is 8. The van der Waals surface area contributed by atoms with Crippen LogP contribution < -0.4 is 10.5 Å². The average molecular weight is 355 g/mol. The molecule has 0 aromatic carbocycles. The minimum Gasteiger partial charge on any atom is -0.481 e. The molecular formula is C16H22FN3O3S. The molecular weight excluding hydrogens is 333 g/mol. The Kier molecular flexibility index (Phi) is 7.48. The third-order valence-corrected chi connectivity index (χ3v) is 4.88. The lowest BCUT2D eigenvalue weighted by Crippen LogP contribution is -2.29. The Balaban J connectivity index is 1.77. The predicted molar refractivity (Wildman–Crippen MR) is 90.4 cm³/mol. The van der Waals surface area contributed by atoms with Gasteiger partial charge in [-0.3, -0.25) is 4.79 Å². The minimum atomic E-state index is -0.721. The van der Waals surface area contributed by atoms with Gasteiger partial charge in [0.2, 0.25) is 5.88 Å². The van der Waals surface area contributed by atoms with Crippen molar-refractivity contribution in [3.63, 3.8) is 0 Å². The third kappa shape index (κ3) is 6.10. The van der Waals surface area contributed by atoms with Crippen LogP contribution in [-0.2, 0) is 4.79 Å². The first-order chi connectivity index (χ1) is 11.6. The van der Waals surface area contributed by atoms with E-state index in [2.05, 4.69) is 9.29 Å². The number of hydrogen-bond donors (Lipinski definition) is 2. The van der Waals surface area contributed by atoms with Crippen molar-refractivity contribution < 1.29 is 19.0 Å². The van der Waals surface area contributed by atoms with Gasteiger partial charge in [-0.25, -0.2) is 13.7 Å². The largest absolute Gasteiger partial charge is 0.481 e. The van der Waals surface area contributed by atoms with E-state index in [0.717, 1.165) is 30.8 Å². The molecule has 1 saturated heterocycles. The summed E-state index contributed by atoms with van der Waals surface area (Å²) in [4.78, 5) is 15.9. The molecule has 3 N–H and O–H groups in total. The predicted octanol–water partition coefficient (Wildman–Crippen LogP) is 2.47. The summed E-state index contributed by atoms with van der Waals surface area (Å²) >= 11 is 1.60. The highest BCUT2D eigenvalue weighted by atomic mass is 32.2. The Hall–Kier alpha value is -1.64. The summed E-state index contributed by atoms with van der Waals surface area (Å²) < 4.78 is 20.0. The molecule has 1 aromatic heterocycles. The number of ether oxygens (including phenoxy) is 1. The first kappa shape index (κ1) is 18.7. The van der Waals surface area contributed by atoms with Crippen LogP contribution >= 0.6 is 11.9 Å². The van der Waals surface area contributed by atoms with Crippen molar-refractivity contribution in [1.29, 1.82) is 0 Å². The Morgan fingerprint density at radius 1 is 1.50 bits per heavy atom. The molecule has 1 fully saturated rings. The van der Waals surface area contributed by atoms with E-state index in [9.17, 15) is 9.18 Å². The summed E-state index contributed by atoms with van der Waals surface area (Å²) in [6.45, 7) is 1.93. The topological polar surface area (TPSA) is 88.7 Å². The number of carbonyl (C=O) groups is 1. The van der Waals surface area contributed by atoms with Crippen LogP contribution in [0.3, 0.4) is 0 Å². The molecule has 0 radical (unpaired) electrons. The summed E-state index contributed by atoms with van der Waals surface area (Å²) in [7, 11) is 0. The summed E-state index contributed by atoms with van der Waals surface area (Å²) in [5, 5.41) is 8.83. The molecule has 8 heteroatoms. The second-order valence-corrected chi connectivity index (χ2v) is 6.82. The maximum Gasteiger partial charge on any atom is 0.303 e. The maximum atomic E-state index is 12.4. The molecule has 1 aliphatic heterocycles. The molecule has 6 nitrogen and oxygen atoms in total. The SMILES string of the molecule is NC/C(=C\F)COc1ccc(SN2CCC(CC(=O)O)CC2)cn1. The van der Waals surface area contributed by atoms with Gasteiger partial charge < -0.3 is 15.6 Å². The summed E-state index contributed by atoms with van der Waals surface area (Å²) in [6, 6.07) is 3.64. The number of aromatic nitrogens is 1. The second kappa shape index (κ2) is 9.61. The number of piperidine rings is 1. The average Bonchev–Trinajstić information content (AvgIpc) is 2.58. The number of aliphatic carboxylic acids is 1. The lowest BCUT2D eigenvalue weighted by atomic mass is 9.95. The molecule has 2 heterocycles. The van der Waals surface area contributed by atoms with E-state index >= 15 is 0 Å². The van der Waals surface area contributed by atoms with E-state index in [4.69, 9.17) is 15.6 Å². The molecule has 2 rings (SSSR count). The zero-order valence-corrected chi connectivity index (χ0v) is 14.2. The van der Waals surface area contributed by atoms with E-state index < -0.39 is 5.97 Å². The van der Waals surface area contributed by atoms with Crippen molar-refractivity contribution in [3.8, 4) is 5.88 Å². The fraction of sp³-hybridized carbons (Fsp3) is 0.500. The van der Waals surface area contributed by atoms with E-state index in [1.165, 1.54) is 0 Å². The standard InChI is InChI=1S/C16H22FN3O3S/c17-8-13(9-18)11-23-15-2-1-14(10-19-15)24-20-5-3-12(4-6-20)7-16(21)22/h1-2,8,10,12H,3-7,9,11,18H2,(H,21,22)/b13-8+. The van der Waals surface area contributed by atoms with E-state index in [1.807, 2.05) is 6.07 Å². The smallest absolute Gasteiger partial charge is 0.303 e. The molecule has 0 bridgehead atoms. The van der Waals surface area contributed by atoms with Gasteiger partial charge in [0, 0.05) is 48.8 Å². The van der Waals surface area contributed by atoms with Gasteiger partial charge in [-0.15, -0.1) is 0 Å². The second-order valence-electron chi connectivity index (χ2n) is 5.65. The fourth-order valence-electron chi connectivity index (χ4n) is 2.41. The molecule has 0 saturated carbocycles. The first-order valence-corrected chi connectivity index (χ1v) is 8.59. The van der Waals surface area contributed by atoms with Gasteiger partial charge in [0.15, 0.2) is 0 Å². The van der Waals surface area contributed by atoms with Crippen LogP contribution in [-0.4, -0.2) is 46.6 Å². The van der Waals surface area contributed by atoms with E-state index in [1.54, 1.807) is 24.2 Å². The lowest BCUT2D eigenvalue weighted by molar-refractivity contribution is -0.138. The third-order valence-electron chi connectivity index (χ3n) is 3.80. The monoisotopic (exact) mass is 355 g/mol. The highest BCUT2D eigenvalue weighted by Gasteiger charge is 2.21. The number of pyridine rings is 1. The maximum absolute atomic E-state index is 12.4. The molecule has 0 aliphatic carbocycles. The highest BCUT2D eigenvalue weighted by molar-refractivity contribution is 7.97. The van der Waals surface area contributed by atoms with Crippen molar-refractivity contribution in [2.75, 3.05) is 26.2 Å². The molecule has 132 valence electrons. The molecule has 24 heavy (non-hydrogen) atoms. The Morgan fingerprint density at radius 2 is 2.25 bits per heavy atom. The molecule has 0 unspecified atom stereocenters. The summed E-state index contributed by atoms with van der Waals surface area (Å²) in [5.41, 5.74) is 5.74. The van der Waals surface area contributed by atoms with Crippen LogP contribution in [0.5, 0.6) is 5.88 Å². The zero-order chi connectivity index (χ0) is 17.4. The van der Waals surface area contributed by atoms with Crippen LogP contribution in [0.4, 0.5) is 4.39 Å². The van der Waals surface area contributed by atoms with Crippen molar-refractivity contribution in [2.24, 2.45) is 11.7 Å². The number of nitrogens with zero attached hydrogens (tertiary/aromatic N) is 2. The lowest BCUT2D eigenvalue weighted by Gasteiger charge is -2.30. The van der Waals surface area contributed by atoms with Crippen molar-refractivity contribution in [1.82, 2.24) is 9.29 Å². The summed E-state index contributed by atoms with van der Waals surface area (Å²) in [5.74, 6) is -0.0258. The van der Waals surface area contributed by atoms with Crippen LogP contribution in [0, 0.1) is 5.92 Å². The highest BCUT2D eigenvalue weighted by Crippen LogP contribution is 2.29. The number of carboxylic acid groups (broad SMARTS) is 1. The molecule has 0 atom stereocenters. The normalized spacial score (nSPS) is 17.0. The molecule has 0 amide bonds. The van der Waals surface area contributed by atoms with E-state index in [0.29, 0.717) is 17.8 Å². The van der Waals surface area contributed by atoms with Crippen LogP contribution in [0.25, 0.3) is 0 Å². The van der Waals surface area contributed by atoms with Gasteiger partial charge in [-0.1, -0.05) is 0 Å².